The number of hydrogen-bond donors (Lipinski definition) is 0. The second kappa shape index (κ2) is 4.09. The lowest BCUT2D eigenvalue weighted by molar-refractivity contribution is 0.808. The first-order chi connectivity index (χ1) is 6.83. The minimum absolute atomic E-state index is 1.11. The summed E-state index contributed by atoms with van der Waals surface area (Å²) in [6, 6.07) is 8.71. The van der Waals surface area contributed by atoms with Crippen LogP contribution in [-0.2, 0) is 6.54 Å². The average molecular weight is 205 g/mol. The summed E-state index contributed by atoms with van der Waals surface area (Å²) in [7, 11) is 0. The molecule has 0 saturated heterocycles. The van der Waals surface area contributed by atoms with E-state index in [0.717, 1.165) is 6.54 Å². The van der Waals surface area contributed by atoms with Gasteiger partial charge in [0.25, 0.3) is 0 Å². The summed E-state index contributed by atoms with van der Waals surface area (Å²) >= 11 is 1.89. The molecular weight excluding hydrogens is 190 g/mol. The largest absolute Gasteiger partial charge is 0.347 e. The highest BCUT2D eigenvalue weighted by Gasteiger charge is 2.01. The minimum Gasteiger partial charge on any atom is -0.347 e. The van der Waals surface area contributed by atoms with Crippen molar-refractivity contribution < 1.29 is 0 Å². The van der Waals surface area contributed by atoms with Crippen molar-refractivity contribution in [3.63, 3.8) is 0 Å². The van der Waals surface area contributed by atoms with Crippen molar-refractivity contribution in [1.29, 1.82) is 0 Å². The van der Waals surface area contributed by atoms with Crippen molar-refractivity contribution in [2.75, 3.05) is 12.0 Å². The zero-order valence-corrected chi connectivity index (χ0v) is 9.47. The molecule has 0 N–H and O–H groups in total. The van der Waals surface area contributed by atoms with E-state index in [9.17, 15) is 0 Å². The zero-order chi connectivity index (χ0) is 9.97. The van der Waals surface area contributed by atoms with E-state index < -0.39 is 0 Å². The highest BCUT2D eigenvalue weighted by atomic mass is 32.2. The summed E-state index contributed by atoms with van der Waals surface area (Å²) in [5.74, 6) is 1.18. The number of aryl methyl sites for hydroxylation is 2. The molecule has 1 aromatic heterocycles. The Labute approximate surface area is 89.1 Å². The van der Waals surface area contributed by atoms with E-state index in [1.165, 1.54) is 22.2 Å². The van der Waals surface area contributed by atoms with Gasteiger partial charge in [0.05, 0.1) is 0 Å². The van der Waals surface area contributed by atoms with Gasteiger partial charge in [0.2, 0.25) is 0 Å². The predicted octanol–water partition coefficient (Wildman–Crippen LogP) is 3.31. The van der Waals surface area contributed by atoms with Crippen LogP contribution in [0.4, 0.5) is 0 Å². The molecule has 0 atom stereocenters. The van der Waals surface area contributed by atoms with Gasteiger partial charge in [-0.05, 0) is 30.9 Å². The monoisotopic (exact) mass is 205 g/mol. The Bertz CT molecular complexity index is 431. The highest BCUT2D eigenvalue weighted by molar-refractivity contribution is 7.98. The Balaban J connectivity index is 2.42. The summed E-state index contributed by atoms with van der Waals surface area (Å²) in [6.07, 6.45) is 4.34. The first-order valence-corrected chi connectivity index (χ1v) is 6.25. The maximum Gasteiger partial charge on any atom is 0.0483 e. The summed E-state index contributed by atoms with van der Waals surface area (Å²) in [5, 5.41) is 1.38. The second-order valence-corrected chi connectivity index (χ2v) is 4.50. The van der Waals surface area contributed by atoms with Gasteiger partial charge in [0.15, 0.2) is 0 Å². The van der Waals surface area contributed by atoms with E-state index in [-0.39, 0.29) is 0 Å². The first-order valence-electron chi connectivity index (χ1n) is 4.86. The van der Waals surface area contributed by atoms with Crippen LogP contribution in [0.5, 0.6) is 0 Å². The molecule has 0 radical (unpaired) electrons. The average Bonchev–Trinajstić information content (AvgIpc) is 2.60. The number of fused-ring (bicyclic) bond motifs is 1. The third-order valence-corrected chi connectivity index (χ3v) is 3.16. The lowest BCUT2D eigenvalue weighted by Crippen LogP contribution is -1.97. The quantitative estimate of drug-likeness (QED) is 0.744. The number of thioether (sulfide) groups is 1. The summed E-state index contributed by atoms with van der Waals surface area (Å²) < 4.78 is 2.33. The van der Waals surface area contributed by atoms with Gasteiger partial charge in [-0.15, -0.1) is 0 Å². The molecule has 14 heavy (non-hydrogen) atoms. The van der Waals surface area contributed by atoms with Crippen LogP contribution in [-0.4, -0.2) is 16.6 Å². The van der Waals surface area contributed by atoms with Gasteiger partial charge in [-0.25, -0.2) is 0 Å². The Hall–Kier alpha value is -0.890. The summed E-state index contributed by atoms with van der Waals surface area (Å²) in [5.41, 5.74) is 2.73. The van der Waals surface area contributed by atoms with Gasteiger partial charge in [0.1, 0.15) is 0 Å². The number of nitrogens with zero attached hydrogens (tertiary/aromatic N) is 1. The Kier molecular flexibility index (Phi) is 2.82. The molecule has 1 heterocycles. The molecular formula is C12H15NS. The molecule has 0 saturated carbocycles. The van der Waals surface area contributed by atoms with Crippen molar-refractivity contribution in [1.82, 2.24) is 4.57 Å². The number of hydrogen-bond acceptors (Lipinski definition) is 1. The molecule has 0 unspecified atom stereocenters. The molecule has 74 valence electrons. The predicted molar refractivity (Wildman–Crippen MR) is 65.1 cm³/mol. The smallest absolute Gasteiger partial charge is 0.0483 e. The third-order valence-electron chi connectivity index (χ3n) is 2.57. The highest BCUT2D eigenvalue weighted by Crippen LogP contribution is 2.19. The topological polar surface area (TPSA) is 4.93 Å². The zero-order valence-electron chi connectivity index (χ0n) is 8.66. The van der Waals surface area contributed by atoms with Gasteiger partial charge in [0, 0.05) is 29.4 Å². The van der Waals surface area contributed by atoms with Gasteiger partial charge in [-0.3, -0.25) is 0 Å². The van der Waals surface area contributed by atoms with Crippen molar-refractivity contribution in [2.45, 2.75) is 13.5 Å². The normalized spacial score (nSPS) is 11.0. The van der Waals surface area contributed by atoms with Gasteiger partial charge in [-0.2, -0.15) is 11.8 Å². The van der Waals surface area contributed by atoms with Gasteiger partial charge < -0.3 is 4.57 Å². The van der Waals surface area contributed by atoms with Crippen LogP contribution < -0.4 is 0 Å². The molecule has 2 heteroatoms. The molecule has 0 fully saturated rings. The van der Waals surface area contributed by atoms with Crippen LogP contribution in [0, 0.1) is 6.92 Å². The number of aromatic nitrogens is 1. The lowest BCUT2D eigenvalue weighted by Gasteiger charge is -2.04. The standard InChI is InChI=1S/C12H15NS/c1-10-4-3-5-12-11(10)6-7-13(12)8-9-14-2/h3-7H,8-9H2,1-2H3. The van der Waals surface area contributed by atoms with E-state index in [4.69, 9.17) is 0 Å². The summed E-state index contributed by atoms with van der Waals surface area (Å²) in [4.78, 5) is 0. The molecule has 0 aliphatic heterocycles. The fraction of sp³-hybridized carbons (Fsp3) is 0.333. The molecule has 1 aromatic carbocycles. The maximum atomic E-state index is 2.33. The molecule has 2 rings (SSSR count). The molecule has 2 aromatic rings. The second-order valence-electron chi connectivity index (χ2n) is 3.51. The molecule has 0 aliphatic carbocycles. The van der Waals surface area contributed by atoms with Crippen molar-refractivity contribution >= 4 is 22.7 Å². The first kappa shape index (κ1) is 9.66. The maximum absolute atomic E-state index is 2.33. The number of rotatable bonds is 3. The molecule has 0 bridgehead atoms. The molecule has 0 amide bonds. The van der Waals surface area contributed by atoms with Crippen LogP contribution in [0.15, 0.2) is 30.5 Å². The van der Waals surface area contributed by atoms with E-state index in [2.05, 4.69) is 48.2 Å². The van der Waals surface area contributed by atoms with Gasteiger partial charge in [-0.1, -0.05) is 12.1 Å². The van der Waals surface area contributed by atoms with E-state index >= 15 is 0 Å². The van der Waals surface area contributed by atoms with Crippen LogP contribution in [0.25, 0.3) is 10.9 Å². The van der Waals surface area contributed by atoms with E-state index in [1.807, 2.05) is 11.8 Å². The fourth-order valence-corrected chi connectivity index (χ4v) is 2.14. The third kappa shape index (κ3) is 1.67. The molecule has 1 nitrogen and oxygen atoms in total. The van der Waals surface area contributed by atoms with E-state index in [0.29, 0.717) is 0 Å². The van der Waals surface area contributed by atoms with E-state index in [1.54, 1.807) is 0 Å². The SMILES string of the molecule is CSCCn1ccc2c(C)cccc21. The van der Waals surface area contributed by atoms with Crippen LogP contribution in [0.2, 0.25) is 0 Å². The van der Waals surface area contributed by atoms with Crippen molar-refractivity contribution in [3.05, 3.63) is 36.0 Å². The molecule has 0 spiro atoms. The van der Waals surface area contributed by atoms with Crippen LogP contribution in [0.3, 0.4) is 0 Å². The summed E-state index contributed by atoms with van der Waals surface area (Å²) in [6.45, 7) is 3.27. The van der Waals surface area contributed by atoms with Crippen molar-refractivity contribution in [3.8, 4) is 0 Å². The lowest BCUT2D eigenvalue weighted by atomic mass is 10.1. The van der Waals surface area contributed by atoms with Gasteiger partial charge >= 0.3 is 0 Å². The van der Waals surface area contributed by atoms with Crippen LogP contribution in [0.1, 0.15) is 5.56 Å². The number of benzene rings is 1. The Morgan fingerprint density at radius 2 is 2.14 bits per heavy atom. The fourth-order valence-electron chi connectivity index (χ4n) is 1.76. The van der Waals surface area contributed by atoms with Crippen molar-refractivity contribution in [2.24, 2.45) is 0 Å². The molecule has 0 aliphatic rings. The minimum atomic E-state index is 1.11. The van der Waals surface area contributed by atoms with Crippen LogP contribution >= 0.6 is 11.8 Å². The Morgan fingerprint density at radius 1 is 1.29 bits per heavy atom. The Morgan fingerprint density at radius 3 is 2.93 bits per heavy atom.